The lowest BCUT2D eigenvalue weighted by Crippen LogP contribution is -2.35. The number of amides is 3. The van der Waals surface area contributed by atoms with Crippen molar-refractivity contribution in [2.45, 2.75) is 13.0 Å². The summed E-state index contributed by atoms with van der Waals surface area (Å²) in [6.45, 7) is 1.82. The molecule has 1 unspecified atom stereocenters. The number of anilines is 2. The van der Waals surface area contributed by atoms with Gasteiger partial charge in [-0.3, -0.25) is 4.79 Å². The van der Waals surface area contributed by atoms with Gasteiger partial charge in [0, 0.05) is 5.69 Å². The van der Waals surface area contributed by atoms with Gasteiger partial charge in [0.15, 0.2) is 0 Å². The molecule has 0 aliphatic carbocycles. The van der Waals surface area contributed by atoms with Crippen LogP contribution in [-0.4, -0.2) is 11.9 Å². The van der Waals surface area contributed by atoms with E-state index in [2.05, 4.69) is 23.4 Å². The van der Waals surface area contributed by atoms with Crippen LogP contribution in [-0.2, 0) is 0 Å². The molecule has 0 saturated carbocycles. The molecule has 3 rings (SSSR count). The quantitative estimate of drug-likeness (QED) is 0.490. The van der Waals surface area contributed by atoms with Crippen LogP contribution in [0.2, 0.25) is 0 Å². The van der Waals surface area contributed by atoms with Crippen molar-refractivity contribution in [1.82, 2.24) is 5.32 Å². The van der Waals surface area contributed by atoms with Gasteiger partial charge in [-0.25, -0.2) is 13.5 Å². The fraction of sp³-hybridized carbons (Fsp3) is 0.0870. The van der Waals surface area contributed by atoms with Gasteiger partial charge in [-0.2, -0.15) is 5.26 Å². The fourth-order valence-electron chi connectivity index (χ4n) is 2.82. The number of hydrogen-bond donors (Lipinski definition) is 3. The van der Waals surface area contributed by atoms with Crippen LogP contribution in [0, 0.1) is 17.1 Å². The van der Waals surface area contributed by atoms with E-state index in [-0.39, 0.29) is 11.6 Å². The third-order valence-corrected chi connectivity index (χ3v) is 4.97. The first-order valence-corrected chi connectivity index (χ1v) is 9.74. The molecule has 31 heavy (non-hydrogen) atoms. The number of hydrogen-bond acceptors (Lipinski definition) is 4. The van der Waals surface area contributed by atoms with Gasteiger partial charge in [0.25, 0.3) is 5.91 Å². The molecule has 0 saturated heterocycles. The number of nitrogens with zero attached hydrogens (tertiary/aromatic N) is 2. The van der Waals surface area contributed by atoms with E-state index >= 15 is 0 Å². The van der Waals surface area contributed by atoms with Crippen LogP contribution < -0.4 is 14.9 Å². The number of carbonyl (C=O) groups is 2. The second-order valence-corrected chi connectivity index (χ2v) is 7.10. The van der Waals surface area contributed by atoms with Crippen molar-refractivity contribution in [1.29, 1.82) is 5.26 Å². The number of benzene rings is 3. The highest BCUT2D eigenvalue weighted by molar-refractivity contribution is 7.82. The highest BCUT2D eigenvalue weighted by Crippen LogP contribution is 2.22. The lowest BCUT2D eigenvalue weighted by atomic mass is 10.1. The lowest BCUT2D eigenvalue weighted by molar-refractivity contribution is 0.102. The first-order valence-electron chi connectivity index (χ1n) is 9.34. The molecule has 0 aliphatic rings. The van der Waals surface area contributed by atoms with Gasteiger partial charge in [0.2, 0.25) is 0 Å². The monoisotopic (exact) mass is 434 g/mol. The van der Waals surface area contributed by atoms with Gasteiger partial charge in [0.1, 0.15) is 5.82 Å². The summed E-state index contributed by atoms with van der Waals surface area (Å²) in [7, 11) is 0. The van der Waals surface area contributed by atoms with Gasteiger partial charge >= 0.3 is 6.03 Å². The van der Waals surface area contributed by atoms with E-state index in [1.54, 1.807) is 54.6 Å². The Hall–Kier alpha value is -3.83. The van der Waals surface area contributed by atoms with E-state index in [1.165, 1.54) is 18.2 Å². The van der Waals surface area contributed by atoms with Gasteiger partial charge in [-0.15, -0.1) is 0 Å². The molecule has 0 bridgehead atoms. The molecular formula is C23H19FN4O2S. The molecule has 0 radical (unpaired) electrons. The molecule has 0 heterocycles. The third-order valence-electron chi connectivity index (χ3n) is 4.56. The molecule has 6 nitrogen and oxygen atoms in total. The van der Waals surface area contributed by atoms with Crippen LogP contribution in [0.1, 0.15) is 34.5 Å². The zero-order valence-corrected chi connectivity index (χ0v) is 17.4. The van der Waals surface area contributed by atoms with E-state index in [9.17, 15) is 14.0 Å². The Labute approximate surface area is 184 Å². The van der Waals surface area contributed by atoms with Crippen molar-refractivity contribution < 1.29 is 14.0 Å². The molecule has 8 heteroatoms. The lowest BCUT2D eigenvalue weighted by Gasteiger charge is -2.21. The van der Waals surface area contributed by atoms with Crippen LogP contribution in [0.15, 0.2) is 72.8 Å². The average molecular weight is 434 g/mol. The van der Waals surface area contributed by atoms with Crippen LogP contribution in [0.5, 0.6) is 0 Å². The summed E-state index contributed by atoms with van der Waals surface area (Å²) >= 11 is 4.25. The predicted octanol–water partition coefficient (Wildman–Crippen LogP) is 5.07. The number of thiol groups is 1. The van der Waals surface area contributed by atoms with Crippen molar-refractivity contribution in [3.05, 3.63) is 95.3 Å². The minimum absolute atomic E-state index is 0.0569. The molecule has 0 spiro atoms. The number of nitriles is 1. The van der Waals surface area contributed by atoms with Crippen LogP contribution in [0.3, 0.4) is 0 Å². The third kappa shape index (κ3) is 5.41. The van der Waals surface area contributed by atoms with Crippen molar-refractivity contribution in [2.24, 2.45) is 0 Å². The van der Waals surface area contributed by atoms with E-state index in [0.717, 1.165) is 9.87 Å². The van der Waals surface area contributed by atoms with Crippen molar-refractivity contribution in [3.63, 3.8) is 0 Å². The Kier molecular flexibility index (Phi) is 6.90. The van der Waals surface area contributed by atoms with E-state index < -0.39 is 17.8 Å². The normalized spacial score (nSPS) is 11.2. The van der Waals surface area contributed by atoms with Crippen LogP contribution in [0.25, 0.3) is 0 Å². The molecule has 2 N–H and O–H groups in total. The van der Waals surface area contributed by atoms with Crippen molar-refractivity contribution in [3.8, 4) is 6.07 Å². The second-order valence-electron chi connectivity index (χ2n) is 6.70. The summed E-state index contributed by atoms with van der Waals surface area (Å²) in [5.41, 5.74) is 2.26. The Morgan fingerprint density at radius 2 is 1.68 bits per heavy atom. The number of carbonyl (C=O) groups excluding carboxylic acids is 2. The first-order chi connectivity index (χ1) is 14.9. The van der Waals surface area contributed by atoms with E-state index in [4.69, 9.17) is 5.26 Å². The molecule has 3 aromatic rings. The van der Waals surface area contributed by atoms with Gasteiger partial charge in [-0.1, -0.05) is 37.1 Å². The molecule has 3 amide bonds. The average Bonchev–Trinajstić information content (AvgIpc) is 2.79. The maximum Gasteiger partial charge on any atom is 0.332 e. The second kappa shape index (κ2) is 9.78. The SMILES string of the molecule is CC(NC(=O)N(S)c1ccc(NC(=O)c2ccccc2F)cc1)c1ccc(C#N)cc1. The fourth-order valence-corrected chi connectivity index (χ4v) is 3.01. The predicted molar refractivity (Wildman–Crippen MR) is 120 cm³/mol. The van der Waals surface area contributed by atoms with E-state index in [0.29, 0.717) is 16.9 Å². The van der Waals surface area contributed by atoms with Crippen LogP contribution in [0.4, 0.5) is 20.6 Å². The summed E-state index contributed by atoms with van der Waals surface area (Å²) in [5.74, 6) is -1.17. The maximum absolute atomic E-state index is 13.7. The highest BCUT2D eigenvalue weighted by atomic mass is 32.1. The minimum Gasteiger partial charge on any atom is -0.330 e. The smallest absolute Gasteiger partial charge is 0.330 e. The summed E-state index contributed by atoms with van der Waals surface area (Å²) in [6.07, 6.45) is 0. The summed E-state index contributed by atoms with van der Waals surface area (Å²) in [6, 6.07) is 20.3. The van der Waals surface area contributed by atoms with Crippen LogP contribution >= 0.6 is 12.8 Å². The van der Waals surface area contributed by atoms with Gasteiger partial charge in [0.05, 0.1) is 28.9 Å². The Morgan fingerprint density at radius 3 is 2.29 bits per heavy atom. The first kappa shape index (κ1) is 21.9. The van der Waals surface area contributed by atoms with E-state index in [1.807, 2.05) is 13.0 Å². The maximum atomic E-state index is 13.7. The van der Waals surface area contributed by atoms with Gasteiger partial charge < -0.3 is 10.6 Å². The molecule has 1 atom stereocenters. The zero-order chi connectivity index (χ0) is 22.4. The number of urea groups is 1. The summed E-state index contributed by atoms with van der Waals surface area (Å²) in [4.78, 5) is 24.7. The largest absolute Gasteiger partial charge is 0.332 e. The summed E-state index contributed by atoms with van der Waals surface area (Å²) in [5, 5.41) is 14.3. The number of rotatable bonds is 5. The Morgan fingerprint density at radius 1 is 1.03 bits per heavy atom. The van der Waals surface area contributed by atoms with Gasteiger partial charge in [-0.05, 0) is 61.0 Å². The summed E-state index contributed by atoms with van der Waals surface area (Å²) < 4.78 is 14.9. The standard InChI is InChI=1S/C23H19FN4O2S/c1-15(17-8-6-16(14-25)7-9-17)26-23(30)28(31)19-12-10-18(11-13-19)27-22(29)20-4-2-3-5-21(20)24/h2-13,15,31H,1H3,(H,26,30)(H,27,29). The number of nitrogens with one attached hydrogen (secondary N) is 2. The molecular weight excluding hydrogens is 415 g/mol. The minimum atomic E-state index is -0.605. The molecule has 0 aromatic heterocycles. The van der Waals surface area contributed by atoms with Crippen molar-refractivity contribution in [2.75, 3.05) is 9.62 Å². The molecule has 0 fully saturated rings. The number of halogens is 1. The zero-order valence-electron chi connectivity index (χ0n) is 16.5. The topological polar surface area (TPSA) is 85.2 Å². The molecule has 3 aromatic carbocycles. The molecule has 0 aliphatic heterocycles. The Bertz CT molecular complexity index is 1130. The Balaban J connectivity index is 1.61. The molecule has 156 valence electrons. The van der Waals surface area contributed by atoms with Crippen molar-refractivity contribution >= 4 is 36.1 Å². The highest BCUT2D eigenvalue weighted by Gasteiger charge is 2.16.